The number of rotatable bonds is 6. The van der Waals surface area contributed by atoms with Crippen molar-refractivity contribution in [1.82, 2.24) is 9.47 Å². The van der Waals surface area contributed by atoms with E-state index < -0.39 is 6.10 Å². The van der Waals surface area contributed by atoms with Gasteiger partial charge in [-0.05, 0) is 47.6 Å². The Morgan fingerprint density at radius 2 is 1.81 bits per heavy atom. The van der Waals surface area contributed by atoms with E-state index in [1.807, 2.05) is 42.6 Å². The molecule has 0 radical (unpaired) electrons. The quantitative estimate of drug-likeness (QED) is 0.664. The molecule has 31 heavy (non-hydrogen) atoms. The average molecular weight is 421 g/mol. The van der Waals surface area contributed by atoms with Crippen molar-refractivity contribution in [2.24, 2.45) is 7.05 Å². The molecule has 5 rings (SSSR count). The number of pyridine rings is 1. The third-order valence-electron chi connectivity index (χ3n) is 6.30. The highest BCUT2D eigenvalue weighted by Gasteiger charge is 2.34. The molecule has 0 amide bonds. The van der Waals surface area contributed by atoms with E-state index in [-0.39, 0.29) is 12.2 Å². The average Bonchev–Trinajstić information content (AvgIpc) is 3.12. The fourth-order valence-corrected chi connectivity index (χ4v) is 4.79. The molecule has 2 bridgehead atoms. The third-order valence-corrected chi connectivity index (χ3v) is 6.30. The van der Waals surface area contributed by atoms with Crippen LogP contribution in [0.4, 0.5) is 0 Å². The summed E-state index contributed by atoms with van der Waals surface area (Å²) in [5, 5.41) is 12.6. The zero-order chi connectivity index (χ0) is 21.4. The molecule has 1 unspecified atom stereocenters. The van der Waals surface area contributed by atoms with Gasteiger partial charge in [-0.2, -0.15) is 0 Å². The van der Waals surface area contributed by atoms with Gasteiger partial charge in [0.05, 0.1) is 12.2 Å². The smallest absolute Gasteiger partial charge is 0.250 e. The summed E-state index contributed by atoms with van der Waals surface area (Å²) < 4.78 is 13.5. The van der Waals surface area contributed by atoms with Gasteiger partial charge in [-0.15, -0.1) is 0 Å². The summed E-state index contributed by atoms with van der Waals surface area (Å²) in [4.78, 5) is 14.1. The molecule has 2 aliphatic heterocycles. The van der Waals surface area contributed by atoms with Crippen LogP contribution < -0.4 is 10.3 Å². The van der Waals surface area contributed by atoms with Crippen molar-refractivity contribution in [1.29, 1.82) is 0 Å². The number of β-amino-alcohol motifs (C(OH)–C–C–N with tert-alkyl or cyclic N) is 1. The molecule has 2 fully saturated rings. The van der Waals surface area contributed by atoms with E-state index in [2.05, 4.69) is 11.0 Å². The van der Waals surface area contributed by atoms with Crippen molar-refractivity contribution in [2.45, 2.75) is 31.2 Å². The second-order valence-corrected chi connectivity index (χ2v) is 8.66. The normalized spacial score (nSPS) is 22.0. The van der Waals surface area contributed by atoms with E-state index in [1.165, 1.54) is 0 Å². The lowest BCUT2D eigenvalue weighted by molar-refractivity contribution is -0.0528. The van der Waals surface area contributed by atoms with Crippen LogP contribution in [0.1, 0.15) is 12.8 Å². The Hall–Kier alpha value is -2.67. The zero-order valence-corrected chi connectivity index (χ0v) is 17.7. The highest BCUT2D eigenvalue weighted by molar-refractivity contribution is 6.00. The van der Waals surface area contributed by atoms with Gasteiger partial charge in [0.15, 0.2) is 0 Å². The Morgan fingerprint density at radius 3 is 2.55 bits per heavy atom. The van der Waals surface area contributed by atoms with E-state index in [1.54, 1.807) is 17.7 Å². The maximum atomic E-state index is 11.8. The maximum absolute atomic E-state index is 11.8. The molecule has 3 aromatic rings. The second-order valence-electron chi connectivity index (χ2n) is 8.66. The number of fused-ring (bicyclic) bond motifs is 3. The van der Waals surface area contributed by atoms with E-state index in [0.29, 0.717) is 18.8 Å². The number of aliphatic hydroxyl groups is 1. The number of aromatic nitrogens is 1. The lowest BCUT2D eigenvalue weighted by Gasteiger charge is -2.33. The zero-order valence-electron chi connectivity index (χ0n) is 17.7. The number of benzene rings is 2. The molecule has 2 saturated heterocycles. The van der Waals surface area contributed by atoms with E-state index >= 15 is 0 Å². The highest BCUT2D eigenvalue weighted by atomic mass is 16.5. The number of likely N-dealkylation sites (tertiary alicyclic amines) is 1. The van der Waals surface area contributed by atoms with Crippen LogP contribution in [0.2, 0.25) is 0 Å². The molecule has 2 aromatic carbocycles. The van der Waals surface area contributed by atoms with Gasteiger partial charge < -0.3 is 19.1 Å². The van der Waals surface area contributed by atoms with Crippen LogP contribution in [-0.4, -0.2) is 59.1 Å². The monoisotopic (exact) mass is 420 g/mol. The van der Waals surface area contributed by atoms with Crippen molar-refractivity contribution in [3.05, 3.63) is 65.1 Å². The fourth-order valence-electron chi connectivity index (χ4n) is 4.79. The molecule has 3 heterocycles. The van der Waals surface area contributed by atoms with Crippen molar-refractivity contribution in [3.63, 3.8) is 0 Å². The second kappa shape index (κ2) is 8.46. The first-order chi connectivity index (χ1) is 15.1. The van der Waals surface area contributed by atoms with Crippen LogP contribution in [0, 0.1) is 0 Å². The standard InChI is InChI=1S/C25H28N2O4/c1-26-12-17(6-11-25(26)29)21-9-10-24(23-5-3-2-4-22(21)23)30-16-18(28)13-27-14-19-7-8-20(15-27)31-19/h2-6,9-12,18-20,28H,7-8,13-16H2,1H3/t18?,19-,20+. The van der Waals surface area contributed by atoms with Gasteiger partial charge in [0.25, 0.3) is 0 Å². The Morgan fingerprint density at radius 1 is 1.06 bits per heavy atom. The van der Waals surface area contributed by atoms with Gasteiger partial charge in [0, 0.05) is 44.3 Å². The largest absolute Gasteiger partial charge is 0.490 e. The molecule has 6 heteroatoms. The number of hydrogen-bond acceptors (Lipinski definition) is 5. The first-order valence-corrected chi connectivity index (χ1v) is 10.9. The van der Waals surface area contributed by atoms with Crippen molar-refractivity contribution in [3.8, 4) is 16.9 Å². The number of aliphatic hydroxyl groups excluding tert-OH is 1. The minimum Gasteiger partial charge on any atom is -0.490 e. The number of hydrogen-bond donors (Lipinski definition) is 1. The summed E-state index contributed by atoms with van der Waals surface area (Å²) in [5.74, 6) is 0.755. The predicted molar refractivity (Wildman–Crippen MR) is 120 cm³/mol. The van der Waals surface area contributed by atoms with Crippen LogP contribution in [0.3, 0.4) is 0 Å². The minimum absolute atomic E-state index is 0.0322. The molecule has 1 aromatic heterocycles. The van der Waals surface area contributed by atoms with Gasteiger partial charge in [-0.25, -0.2) is 0 Å². The molecule has 0 aliphatic carbocycles. The van der Waals surface area contributed by atoms with Gasteiger partial charge in [0.1, 0.15) is 18.5 Å². The van der Waals surface area contributed by atoms with Crippen LogP contribution in [-0.2, 0) is 11.8 Å². The predicted octanol–water partition coefficient (Wildman–Crippen LogP) is 2.81. The minimum atomic E-state index is -0.556. The SMILES string of the molecule is Cn1cc(-c2ccc(OCC(O)CN3C[C@H]4CC[C@@H](C3)O4)c3ccccc23)ccc1=O. The number of ether oxygens (including phenoxy) is 2. The fraction of sp³-hybridized carbons (Fsp3) is 0.400. The lowest BCUT2D eigenvalue weighted by atomic mass is 9.99. The van der Waals surface area contributed by atoms with E-state index in [4.69, 9.17) is 9.47 Å². The maximum Gasteiger partial charge on any atom is 0.250 e. The van der Waals surface area contributed by atoms with Gasteiger partial charge in [0.2, 0.25) is 5.56 Å². The topological polar surface area (TPSA) is 63.9 Å². The molecular formula is C25H28N2O4. The summed E-state index contributed by atoms with van der Waals surface area (Å²) in [6, 6.07) is 15.5. The van der Waals surface area contributed by atoms with Gasteiger partial charge in [-0.1, -0.05) is 24.3 Å². The molecule has 1 N–H and O–H groups in total. The van der Waals surface area contributed by atoms with E-state index in [9.17, 15) is 9.90 Å². The lowest BCUT2D eigenvalue weighted by Crippen LogP contribution is -2.46. The summed E-state index contributed by atoms with van der Waals surface area (Å²) in [6.07, 6.45) is 4.19. The van der Waals surface area contributed by atoms with Crippen molar-refractivity contribution < 1.29 is 14.6 Å². The highest BCUT2D eigenvalue weighted by Crippen LogP contribution is 2.34. The summed E-state index contributed by atoms with van der Waals surface area (Å²) in [5.41, 5.74) is 1.99. The van der Waals surface area contributed by atoms with Gasteiger partial charge in [-0.3, -0.25) is 9.69 Å². The first kappa shape index (κ1) is 20.2. The van der Waals surface area contributed by atoms with Crippen LogP contribution in [0.5, 0.6) is 5.75 Å². The van der Waals surface area contributed by atoms with Crippen LogP contribution >= 0.6 is 0 Å². The molecule has 3 atom stereocenters. The molecule has 0 spiro atoms. The summed E-state index contributed by atoms with van der Waals surface area (Å²) in [6.45, 7) is 2.63. The van der Waals surface area contributed by atoms with Crippen LogP contribution in [0.15, 0.2) is 59.5 Å². The van der Waals surface area contributed by atoms with Crippen LogP contribution in [0.25, 0.3) is 21.9 Å². The Balaban J connectivity index is 1.32. The third kappa shape index (κ3) is 4.24. The Bertz CT molecular complexity index is 1130. The number of nitrogens with zero attached hydrogens (tertiary/aromatic N) is 2. The Kier molecular flexibility index (Phi) is 5.52. The summed E-state index contributed by atoms with van der Waals surface area (Å²) >= 11 is 0. The van der Waals surface area contributed by atoms with E-state index in [0.717, 1.165) is 53.6 Å². The Labute approximate surface area is 181 Å². The molecule has 2 aliphatic rings. The van der Waals surface area contributed by atoms with Gasteiger partial charge >= 0.3 is 0 Å². The van der Waals surface area contributed by atoms with Crippen molar-refractivity contribution >= 4 is 10.8 Å². The first-order valence-electron chi connectivity index (χ1n) is 10.9. The summed E-state index contributed by atoms with van der Waals surface area (Å²) in [7, 11) is 1.76. The molecular weight excluding hydrogens is 392 g/mol. The molecule has 0 saturated carbocycles. The van der Waals surface area contributed by atoms with Crippen molar-refractivity contribution in [2.75, 3.05) is 26.2 Å². The number of morpholine rings is 1. The molecule has 162 valence electrons. The molecule has 6 nitrogen and oxygen atoms in total. The number of aryl methyl sites for hydroxylation is 1.